The highest BCUT2D eigenvalue weighted by molar-refractivity contribution is 5.28. The highest BCUT2D eigenvalue weighted by Gasteiger charge is 2.19. The standard InChI is InChI=1S/C9H15N3O/c1-7-5-12(9(10-2)11-7)8-3-4-13-6-8/h5,8H,3-4,6H2,1-2H3,(H,10,11). The second-order valence-corrected chi connectivity index (χ2v) is 3.38. The first-order chi connectivity index (χ1) is 6.31. The quantitative estimate of drug-likeness (QED) is 0.745. The van der Waals surface area contributed by atoms with Crippen LogP contribution < -0.4 is 5.32 Å². The summed E-state index contributed by atoms with van der Waals surface area (Å²) in [7, 11) is 1.90. The van der Waals surface area contributed by atoms with E-state index in [-0.39, 0.29) is 0 Å². The van der Waals surface area contributed by atoms with Crippen LogP contribution in [0.4, 0.5) is 5.95 Å². The molecule has 13 heavy (non-hydrogen) atoms. The van der Waals surface area contributed by atoms with Gasteiger partial charge in [0.1, 0.15) is 0 Å². The van der Waals surface area contributed by atoms with Gasteiger partial charge in [0.05, 0.1) is 18.3 Å². The van der Waals surface area contributed by atoms with Crippen molar-refractivity contribution in [1.29, 1.82) is 0 Å². The number of aryl methyl sites for hydroxylation is 1. The minimum atomic E-state index is 0.462. The number of imidazole rings is 1. The highest BCUT2D eigenvalue weighted by Crippen LogP contribution is 2.23. The number of rotatable bonds is 2. The summed E-state index contributed by atoms with van der Waals surface area (Å²) in [6.07, 6.45) is 3.16. The fourth-order valence-corrected chi connectivity index (χ4v) is 1.72. The average molecular weight is 181 g/mol. The predicted molar refractivity (Wildman–Crippen MR) is 51.0 cm³/mol. The molecule has 4 heteroatoms. The zero-order valence-electron chi connectivity index (χ0n) is 8.08. The van der Waals surface area contributed by atoms with Crippen LogP contribution in [0.5, 0.6) is 0 Å². The van der Waals surface area contributed by atoms with Crippen molar-refractivity contribution in [2.24, 2.45) is 0 Å². The molecule has 0 spiro atoms. The van der Waals surface area contributed by atoms with E-state index in [2.05, 4.69) is 21.1 Å². The van der Waals surface area contributed by atoms with E-state index >= 15 is 0 Å². The normalized spacial score (nSPS) is 22.2. The van der Waals surface area contributed by atoms with Crippen molar-refractivity contribution in [2.75, 3.05) is 25.6 Å². The Kier molecular flexibility index (Phi) is 2.22. The molecule has 4 nitrogen and oxygen atoms in total. The molecule has 1 aromatic heterocycles. The summed E-state index contributed by atoms with van der Waals surface area (Å²) in [6, 6.07) is 0.462. The van der Waals surface area contributed by atoms with Crippen molar-refractivity contribution in [1.82, 2.24) is 9.55 Å². The van der Waals surface area contributed by atoms with Gasteiger partial charge in [-0.15, -0.1) is 0 Å². The van der Waals surface area contributed by atoms with Gasteiger partial charge in [0.2, 0.25) is 5.95 Å². The lowest BCUT2D eigenvalue weighted by atomic mass is 10.2. The summed E-state index contributed by atoms with van der Waals surface area (Å²) in [4.78, 5) is 4.37. The number of anilines is 1. The Hall–Kier alpha value is -1.03. The summed E-state index contributed by atoms with van der Waals surface area (Å²) < 4.78 is 7.51. The summed E-state index contributed by atoms with van der Waals surface area (Å²) in [5, 5.41) is 3.09. The molecule has 72 valence electrons. The maximum Gasteiger partial charge on any atom is 0.203 e. The summed E-state index contributed by atoms with van der Waals surface area (Å²) in [6.45, 7) is 3.68. The smallest absolute Gasteiger partial charge is 0.203 e. The molecule has 1 atom stereocenters. The van der Waals surface area contributed by atoms with Crippen molar-refractivity contribution in [3.63, 3.8) is 0 Å². The molecule has 0 radical (unpaired) electrons. The SMILES string of the molecule is CNc1nc(C)cn1C1CCOC1. The van der Waals surface area contributed by atoms with E-state index in [1.54, 1.807) is 0 Å². The Morgan fingerprint density at radius 1 is 1.69 bits per heavy atom. The summed E-state index contributed by atoms with van der Waals surface area (Å²) in [5.74, 6) is 0.938. The zero-order valence-corrected chi connectivity index (χ0v) is 8.08. The van der Waals surface area contributed by atoms with Crippen LogP contribution >= 0.6 is 0 Å². The van der Waals surface area contributed by atoms with Gasteiger partial charge in [0, 0.05) is 19.9 Å². The fourth-order valence-electron chi connectivity index (χ4n) is 1.72. The van der Waals surface area contributed by atoms with Crippen LogP contribution in [0.15, 0.2) is 6.20 Å². The van der Waals surface area contributed by atoms with Crippen molar-refractivity contribution in [2.45, 2.75) is 19.4 Å². The first-order valence-corrected chi connectivity index (χ1v) is 4.62. The molecule has 0 aromatic carbocycles. The molecule has 0 saturated carbocycles. The summed E-state index contributed by atoms with van der Waals surface area (Å²) in [5.41, 5.74) is 1.05. The van der Waals surface area contributed by atoms with Crippen LogP contribution in [0.1, 0.15) is 18.2 Å². The van der Waals surface area contributed by atoms with Crippen molar-refractivity contribution in [3.05, 3.63) is 11.9 Å². The minimum absolute atomic E-state index is 0.462. The fraction of sp³-hybridized carbons (Fsp3) is 0.667. The second kappa shape index (κ2) is 3.38. The van der Waals surface area contributed by atoms with Crippen LogP contribution in [0, 0.1) is 6.92 Å². The van der Waals surface area contributed by atoms with Crippen LogP contribution in [-0.4, -0.2) is 29.8 Å². The Labute approximate surface area is 77.9 Å². The van der Waals surface area contributed by atoms with E-state index in [0.717, 1.165) is 31.3 Å². The summed E-state index contributed by atoms with van der Waals surface area (Å²) >= 11 is 0. The van der Waals surface area contributed by atoms with E-state index in [0.29, 0.717) is 6.04 Å². The van der Waals surface area contributed by atoms with Gasteiger partial charge in [-0.3, -0.25) is 0 Å². The minimum Gasteiger partial charge on any atom is -0.379 e. The van der Waals surface area contributed by atoms with Gasteiger partial charge in [-0.1, -0.05) is 0 Å². The molecular formula is C9H15N3O. The number of nitrogens with zero attached hydrogens (tertiary/aromatic N) is 2. The topological polar surface area (TPSA) is 39.1 Å². The molecule has 2 heterocycles. The third kappa shape index (κ3) is 1.54. The van der Waals surface area contributed by atoms with E-state index in [1.165, 1.54) is 0 Å². The van der Waals surface area contributed by atoms with Crippen LogP contribution in [-0.2, 0) is 4.74 Å². The maximum atomic E-state index is 5.34. The van der Waals surface area contributed by atoms with Crippen LogP contribution in [0.2, 0.25) is 0 Å². The Morgan fingerprint density at radius 2 is 2.54 bits per heavy atom. The zero-order chi connectivity index (χ0) is 9.26. The van der Waals surface area contributed by atoms with Crippen molar-refractivity contribution >= 4 is 5.95 Å². The molecule has 1 aliphatic heterocycles. The molecule has 1 saturated heterocycles. The van der Waals surface area contributed by atoms with E-state index in [4.69, 9.17) is 4.74 Å². The number of hydrogen-bond donors (Lipinski definition) is 1. The lowest BCUT2D eigenvalue weighted by Gasteiger charge is -2.12. The number of nitrogens with one attached hydrogen (secondary N) is 1. The van der Waals surface area contributed by atoms with Gasteiger partial charge in [-0.2, -0.15) is 0 Å². The largest absolute Gasteiger partial charge is 0.379 e. The molecule has 0 amide bonds. The molecule has 1 fully saturated rings. The lowest BCUT2D eigenvalue weighted by Crippen LogP contribution is -2.10. The third-order valence-corrected chi connectivity index (χ3v) is 2.38. The van der Waals surface area contributed by atoms with Crippen LogP contribution in [0.3, 0.4) is 0 Å². The van der Waals surface area contributed by atoms with Gasteiger partial charge in [-0.25, -0.2) is 4.98 Å². The lowest BCUT2D eigenvalue weighted by molar-refractivity contribution is 0.187. The van der Waals surface area contributed by atoms with Crippen molar-refractivity contribution < 1.29 is 4.74 Å². The van der Waals surface area contributed by atoms with Crippen LogP contribution in [0.25, 0.3) is 0 Å². The first-order valence-electron chi connectivity index (χ1n) is 4.62. The Morgan fingerprint density at radius 3 is 3.15 bits per heavy atom. The van der Waals surface area contributed by atoms with Gasteiger partial charge < -0.3 is 14.6 Å². The number of hydrogen-bond acceptors (Lipinski definition) is 3. The van der Waals surface area contributed by atoms with E-state index in [9.17, 15) is 0 Å². The molecular weight excluding hydrogens is 166 g/mol. The molecule has 0 aliphatic carbocycles. The Balaban J connectivity index is 2.26. The molecule has 1 unspecified atom stereocenters. The molecule has 1 N–H and O–H groups in total. The monoisotopic (exact) mass is 181 g/mol. The number of ether oxygens (including phenoxy) is 1. The highest BCUT2D eigenvalue weighted by atomic mass is 16.5. The molecule has 0 bridgehead atoms. The molecule has 1 aromatic rings. The van der Waals surface area contributed by atoms with Gasteiger partial charge in [-0.05, 0) is 13.3 Å². The maximum absolute atomic E-state index is 5.34. The second-order valence-electron chi connectivity index (χ2n) is 3.38. The predicted octanol–water partition coefficient (Wildman–Crippen LogP) is 1.19. The van der Waals surface area contributed by atoms with E-state index < -0.39 is 0 Å². The first kappa shape index (κ1) is 8.56. The molecule has 2 rings (SSSR count). The van der Waals surface area contributed by atoms with Crippen molar-refractivity contribution in [3.8, 4) is 0 Å². The average Bonchev–Trinajstić information content (AvgIpc) is 2.71. The van der Waals surface area contributed by atoms with E-state index in [1.807, 2.05) is 14.0 Å². The van der Waals surface area contributed by atoms with Gasteiger partial charge in [0.25, 0.3) is 0 Å². The third-order valence-electron chi connectivity index (χ3n) is 2.38. The number of aromatic nitrogens is 2. The van der Waals surface area contributed by atoms with Gasteiger partial charge in [0.15, 0.2) is 0 Å². The Bertz CT molecular complexity index is 289. The van der Waals surface area contributed by atoms with Gasteiger partial charge >= 0.3 is 0 Å². The molecule has 1 aliphatic rings.